The van der Waals surface area contributed by atoms with E-state index in [0.29, 0.717) is 5.56 Å². The molecule has 2 aromatic carbocycles. The number of nitrogens with zero attached hydrogens (tertiary/aromatic N) is 4. The highest BCUT2D eigenvalue weighted by atomic mass is 16.5. The van der Waals surface area contributed by atoms with E-state index in [9.17, 15) is 4.79 Å². The molecule has 1 amide bonds. The van der Waals surface area contributed by atoms with Gasteiger partial charge in [0.25, 0.3) is 5.91 Å². The predicted molar refractivity (Wildman–Crippen MR) is 130 cm³/mol. The Labute approximate surface area is 196 Å². The Bertz CT molecular complexity index is 1110. The van der Waals surface area contributed by atoms with Crippen LogP contribution in [0.4, 0.5) is 0 Å². The van der Waals surface area contributed by atoms with Crippen LogP contribution in [0.2, 0.25) is 0 Å². The van der Waals surface area contributed by atoms with Crippen LogP contribution in [-0.2, 0) is 6.54 Å². The van der Waals surface area contributed by atoms with Crippen LogP contribution in [0.5, 0.6) is 5.75 Å². The first-order valence-corrected chi connectivity index (χ1v) is 11.5. The van der Waals surface area contributed by atoms with Gasteiger partial charge in [-0.05, 0) is 55.1 Å². The maximum Gasteiger partial charge on any atom is 0.256 e. The molecule has 172 valence electrons. The second kappa shape index (κ2) is 10.1. The molecule has 1 saturated heterocycles. The highest BCUT2D eigenvalue weighted by Gasteiger charge is 2.27. The van der Waals surface area contributed by atoms with Crippen LogP contribution in [0, 0.1) is 6.92 Å². The van der Waals surface area contributed by atoms with Crippen molar-refractivity contribution < 1.29 is 9.53 Å². The van der Waals surface area contributed by atoms with Crippen molar-refractivity contribution in [2.75, 3.05) is 27.7 Å². The number of carbonyl (C=O) groups is 1. The monoisotopic (exact) mass is 444 g/mol. The second-order valence-electron chi connectivity index (χ2n) is 8.84. The molecule has 6 heteroatoms. The molecule has 0 bridgehead atoms. The number of methoxy groups -OCH3 is 1. The molecular formula is C27H32N4O2. The molecule has 0 N–H and O–H groups in total. The van der Waals surface area contributed by atoms with Gasteiger partial charge in [-0.25, -0.2) is 9.97 Å². The Morgan fingerprint density at radius 3 is 2.61 bits per heavy atom. The van der Waals surface area contributed by atoms with E-state index in [4.69, 9.17) is 9.72 Å². The maximum atomic E-state index is 12.4. The molecule has 3 aromatic rings. The van der Waals surface area contributed by atoms with Gasteiger partial charge < -0.3 is 9.64 Å². The molecule has 1 atom stereocenters. The van der Waals surface area contributed by atoms with E-state index in [1.165, 1.54) is 17.5 Å². The number of hydrogen-bond acceptors (Lipinski definition) is 5. The molecule has 4 rings (SSSR count). The van der Waals surface area contributed by atoms with Crippen LogP contribution in [0.3, 0.4) is 0 Å². The molecule has 1 fully saturated rings. The zero-order valence-electron chi connectivity index (χ0n) is 19.9. The molecule has 33 heavy (non-hydrogen) atoms. The van der Waals surface area contributed by atoms with Crippen LogP contribution in [0.15, 0.2) is 54.7 Å². The molecule has 1 aliphatic heterocycles. The number of rotatable bonds is 6. The van der Waals surface area contributed by atoms with Crippen LogP contribution in [0.1, 0.15) is 52.7 Å². The van der Waals surface area contributed by atoms with Crippen molar-refractivity contribution in [1.29, 1.82) is 0 Å². The van der Waals surface area contributed by atoms with Gasteiger partial charge in [0.15, 0.2) is 0 Å². The Balaban J connectivity index is 1.51. The van der Waals surface area contributed by atoms with Gasteiger partial charge in [-0.2, -0.15) is 0 Å². The van der Waals surface area contributed by atoms with E-state index >= 15 is 0 Å². The van der Waals surface area contributed by atoms with E-state index in [-0.39, 0.29) is 11.9 Å². The van der Waals surface area contributed by atoms with Crippen molar-refractivity contribution in [1.82, 2.24) is 19.8 Å². The number of ether oxygens (including phenoxy) is 1. The Kier molecular flexibility index (Phi) is 7.04. The lowest BCUT2D eigenvalue weighted by atomic mass is 9.99. The average Bonchev–Trinajstić information content (AvgIpc) is 2.84. The average molecular weight is 445 g/mol. The van der Waals surface area contributed by atoms with Gasteiger partial charge in [0.05, 0.1) is 24.4 Å². The number of carbonyl (C=O) groups excluding carboxylic acids is 1. The molecule has 0 radical (unpaired) electrons. The van der Waals surface area contributed by atoms with Crippen LogP contribution >= 0.6 is 0 Å². The first-order chi connectivity index (χ1) is 16.0. The third-order valence-electron chi connectivity index (χ3n) is 6.29. The van der Waals surface area contributed by atoms with Gasteiger partial charge in [0.2, 0.25) is 0 Å². The summed E-state index contributed by atoms with van der Waals surface area (Å²) in [4.78, 5) is 25.7. The fraction of sp³-hybridized carbons (Fsp3) is 0.370. The number of aromatic nitrogens is 2. The van der Waals surface area contributed by atoms with Gasteiger partial charge in [-0.3, -0.25) is 9.69 Å². The molecule has 1 aliphatic rings. The Hall–Kier alpha value is -3.25. The SMILES string of the molecule is COc1cccc(-c2ccc(CN3CCCCC3c3ncc(C(=O)N(C)C)c(C)n3)cc2)c1. The third kappa shape index (κ3) is 5.22. The lowest BCUT2D eigenvalue weighted by molar-refractivity contribution is 0.0825. The van der Waals surface area contributed by atoms with Crippen molar-refractivity contribution in [3.8, 4) is 16.9 Å². The highest BCUT2D eigenvalue weighted by molar-refractivity contribution is 5.94. The van der Waals surface area contributed by atoms with Gasteiger partial charge in [-0.15, -0.1) is 0 Å². The van der Waals surface area contributed by atoms with Crippen molar-refractivity contribution in [2.45, 2.75) is 38.8 Å². The number of hydrogen-bond donors (Lipinski definition) is 0. The minimum absolute atomic E-state index is 0.0596. The van der Waals surface area contributed by atoms with Crippen molar-refractivity contribution >= 4 is 5.91 Å². The normalized spacial score (nSPS) is 16.4. The van der Waals surface area contributed by atoms with E-state index in [1.54, 1.807) is 32.3 Å². The Morgan fingerprint density at radius 2 is 1.91 bits per heavy atom. The summed E-state index contributed by atoms with van der Waals surface area (Å²) < 4.78 is 5.36. The molecular weight excluding hydrogens is 412 g/mol. The molecule has 1 aromatic heterocycles. The summed E-state index contributed by atoms with van der Waals surface area (Å²) in [5.74, 6) is 1.62. The van der Waals surface area contributed by atoms with Crippen LogP contribution in [0.25, 0.3) is 11.1 Å². The van der Waals surface area contributed by atoms with Crippen molar-refractivity contribution in [3.63, 3.8) is 0 Å². The smallest absolute Gasteiger partial charge is 0.256 e. The minimum atomic E-state index is -0.0596. The first kappa shape index (κ1) is 22.9. The number of piperidine rings is 1. The fourth-order valence-corrected chi connectivity index (χ4v) is 4.41. The van der Waals surface area contributed by atoms with Crippen molar-refractivity contribution in [2.24, 2.45) is 0 Å². The number of likely N-dealkylation sites (tertiary alicyclic amines) is 1. The van der Waals surface area contributed by atoms with Crippen LogP contribution < -0.4 is 4.74 Å². The predicted octanol–water partition coefficient (Wildman–Crippen LogP) is 4.89. The maximum absolute atomic E-state index is 12.4. The summed E-state index contributed by atoms with van der Waals surface area (Å²) in [6.07, 6.45) is 5.06. The van der Waals surface area contributed by atoms with E-state index < -0.39 is 0 Å². The molecule has 1 unspecified atom stereocenters. The summed E-state index contributed by atoms with van der Waals surface area (Å²) >= 11 is 0. The molecule has 0 aliphatic carbocycles. The molecule has 2 heterocycles. The summed E-state index contributed by atoms with van der Waals surface area (Å²) in [5, 5.41) is 0. The zero-order chi connectivity index (χ0) is 23.4. The largest absolute Gasteiger partial charge is 0.497 e. The van der Waals surface area contributed by atoms with Gasteiger partial charge in [-0.1, -0.05) is 42.8 Å². The third-order valence-corrected chi connectivity index (χ3v) is 6.29. The zero-order valence-corrected chi connectivity index (χ0v) is 19.9. The fourth-order valence-electron chi connectivity index (χ4n) is 4.41. The van der Waals surface area contributed by atoms with Gasteiger partial charge in [0, 0.05) is 26.8 Å². The van der Waals surface area contributed by atoms with E-state index in [2.05, 4.69) is 46.3 Å². The van der Waals surface area contributed by atoms with E-state index in [1.807, 2.05) is 19.1 Å². The number of benzene rings is 2. The topological polar surface area (TPSA) is 58.6 Å². The molecule has 0 saturated carbocycles. The lowest BCUT2D eigenvalue weighted by Crippen LogP contribution is -2.34. The second-order valence-corrected chi connectivity index (χ2v) is 8.84. The lowest BCUT2D eigenvalue weighted by Gasteiger charge is -2.35. The number of amides is 1. The quantitative estimate of drug-likeness (QED) is 0.542. The highest BCUT2D eigenvalue weighted by Crippen LogP contribution is 2.31. The first-order valence-electron chi connectivity index (χ1n) is 11.5. The molecule has 0 spiro atoms. The summed E-state index contributed by atoms with van der Waals surface area (Å²) in [6, 6.07) is 17.0. The van der Waals surface area contributed by atoms with Crippen molar-refractivity contribution in [3.05, 3.63) is 77.4 Å². The standard InChI is InChI=1S/C27H32N4O2/c1-19-24(27(32)30(2)3)17-28-26(29-19)25-10-5-6-15-31(25)18-20-11-13-21(14-12-20)22-8-7-9-23(16-22)33-4/h7-9,11-14,16-17,25H,5-6,10,15,18H2,1-4H3. The summed E-state index contributed by atoms with van der Waals surface area (Å²) in [7, 11) is 5.19. The van der Waals surface area contributed by atoms with Gasteiger partial charge in [0.1, 0.15) is 11.6 Å². The van der Waals surface area contributed by atoms with E-state index in [0.717, 1.165) is 48.8 Å². The Morgan fingerprint density at radius 1 is 1.12 bits per heavy atom. The molecule has 6 nitrogen and oxygen atoms in total. The summed E-state index contributed by atoms with van der Waals surface area (Å²) in [5.41, 5.74) is 4.90. The minimum Gasteiger partial charge on any atom is -0.497 e. The summed E-state index contributed by atoms with van der Waals surface area (Å²) in [6.45, 7) is 3.76. The van der Waals surface area contributed by atoms with Gasteiger partial charge >= 0.3 is 0 Å². The van der Waals surface area contributed by atoms with Crippen LogP contribution in [-0.4, -0.2) is 53.4 Å². The number of aryl methyl sites for hydroxylation is 1.